The highest BCUT2D eigenvalue weighted by Crippen LogP contribution is 2.17. The van der Waals surface area contributed by atoms with Crippen molar-refractivity contribution in [2.45, 2.75) is 13.8 Å². The van der Waals surface area contributed by atoms with E-state index in [1.165, 1.54) is 0 Å². The molecule has 0 saturated carbocycles. The first-order valence-corrected chi connectivity index (χ1v) is 7.04. The van der Waals surface area contributed by atoms with Crippen LogP contribution in [0.4, 0.5) is 5.95 Å². The topological polar surface area (TPSA) is 71.8 Å². The van der Waals surface area contributed by atoms with E-state index in [0.717, 1.165) is 13.1 Å². The maximum Gasteiger partial charge on any atom is 0.256 e. The number of rotatable bonds is 6. The highest BCUT2D eigenvalue weighted by atomic mass is 35.5. The maximum atomic E-state index is 5.95. The number of aromatic nitrogens is 5. The Labute approximate surface area is 129 Å². The van der Waals surface area contributed by atoms with Gasteiger partial charge in [0.15, 0.2) is 0 Å². The van der Waals surface area contributed by atoms with Crippen LogP contribution in [0, 0.1) is 5.41 Å². The van der Waals surface area contributed by atoms with Gasteiger partial charge in [-0.3, -0.25) is 0 Å². The van der Waals surface area contributed by atoms with E-state index in [2.05, 4.69) is 58.2 Å². The number of hydrogen-bond acceptors (Lipinski definition) is 6. The van der Waals surface area contributed by atoms with Gasteiger partial charge in [-0.05, 0) is 37.2 Å². The first kappa shape index (κ1) is 15.7. The smallest absolute Gasteiger partial charge is 0.256 e. The van der Waals surface area contributed by atoms with E-state index in [1.54, 1.807) is 23.1 Å². The zero-order chi connectivity index (χ0) is 15.5. The van der Waals surface area contributed by atoms with Crippen LogP contribution >= 0.6 is 11.6 Å². The van der Waals surface area contributed by atoms with Crippen LogP contribution in [-0.4, -0.2) is 56.8 Å². The summed E-state index contributed by atoms with van der Waals surface area (Å²) >= 11 is 5.95. The number of nitrogens with one attached hydrogen (secondary N) is 1. The summed E-state index contributed by atoms with van der Waals surface area (Å²) < 4.78 is 1.55. The Hall–Kier alpha value is -1.73. The Morgan fingerprint density at radius 2 is 2.05 bits per heavy atom. The molecule has 2 rings (SSSR count). The molecule has 0 aliphatic carbocycles. The Morgan fingerprint density at radius 1 is 1.29 bits per heavy atom. The molecule has 21 heavy (non-hydrogen) atoms. The van der Waals surface area contributed by atoms with Gasteiger partial charge in [-0.2, -0.15) is 20.1 Å². The quantitative estimate of drug-likeness (QED) is 0.876. The lowest BCUT2D eigenvalue weighted by molar-refractivity contribution is 0.254. The van der Waals surface area contributed by atoms with E-state index in [-0.39, 0.29) is 10.7 Å². The van der Waals surface area contributed by atoms with Gasteiger partial charge in [0.05, 0.1) is 0 Å². The molecule has 0 radical (unpaired) electrons. The molecule has 0 aliphatic heterocycles. The van der Waals surface area contributed by atoms with Crippen molar-refractivity contribution >= 4 is 17.5 Å². The molecule has 0 unspecified atom stereocenters. The molecule has 7 nitrogen and oxygen atoms in total. The third kappa shape index (κ3) is 4.64. The van der Waals surface area contributed by atoms with Gasteiger partial charge < -0.3 is 10.2 Å². The first-order chi connectivity index (χ1) is 9.85. The van der Waals surface area contributed by atoms with Gasteiger partial charge in [0.25, 0.3) is 5.95 Å². The molecule has 0 saturated heterocycles. The van der Waals surface area contributed by atoms with Gasteiger partial charge in [0, 0.05) is 25.5 Å². The molecule has 2 aromatic rings. The van der Waals surface area contributed by atoms with Crippen molar-refractivity contribution in [2.75, 3.05) is 32.5 Å². The molecule has 1 N–H and O–H groups in total. The van der Waals surface area contributed by atoms with Gasteiger partial charge >= 0.3 is 0 Å². The summed E-state index contributed by atoms with van der Waals surface area (Å²) in [5, 5.41) is 7.45. The molecule has 0 fully saturated rings. The van der Waals surface area contributed by atoms with Gasteiger partial charge in [0.1, 0.15) is 0 Å². The maximum absolute atomic E-state index is 5.95. The van der Waals surface area contributed by atoms with Crippen molar-refractivity contribution in [3.63, 3.8) is 0 Å². The van der Waals surface area contributed by atoms with E-state index in [4.69, 9.17) is 11.6 Å². The molecule has 0 aliphatic rings. The van der Waals surface area contributed by atoms with Crippen molar-refractivity contribution in [1.29, 1.82) is 0 Å². The largest absolute Gasteiger partial charge is 0.353 e. The Kier molecular flexibility index (Phi) is 4.74. The molecular weight excluding hydrogens is 290 g/mol. The summed E-state index contributed by atoms with van der Waals surface area (Å²) in [6.07, 6.45) is 3.41. The fourth-order valence-electron chi connectivity index (χ4n) is 2.14. The molecule has 0 amide bonds. The van der Waals surface area contributed by atoms with Crippen LogP contribution in [0.2, 0.25) is 5.28 Å². The van der Waals surface area contributed by atoms with Gasteiger partial charge in [0.2, 0.25) is 11.2 Å². The van der Waals surface area contributed by atoms with Gasteiger partial charge in [-0.25, -0.2) is 4.68 Å². The highest BCUT2D eigenvalue weighted by Gasteiger charge is 2.19. The van der Waals surface area contributed by atoms with Crippen molar-refractivity contribution in [3.05, 3.63) is 23.7 Å². The van der Waals surface area contributed by atoms with E-state index in [0.29, 0.717) is 11.9 Å². The third-order valence-corrected chi connectivity index (χ3v) is 2.94. The summed E-state index contributed by atoms with van der Waals surface area (Å²) in [7, 11) is 4.11. The zero-order valence-electron chi connectivity index (χ0n) is 12.7. The Balaban J connectivity index is 2.10. The molecule has 2 heterocycles. The molecule has 114 valence electrons. The monoisotopic (exact) mass is 309 g/mol. The lowest BCUT2D eigenvalue weighted by Crippen LogP contribution is -2.34. The second kappa shape index (κ2) is 6.36. The Bertz CT molecular complexity index is 580. The zero-order valence-corrected chi connectivity index (χ0v) is 13.5. The first-order valence-electron chi connectivity index (χ1n) is 6.66. The fourth-order valence-corrected chi connectivity index (χ4v) is 2.29. The average molecular weight is 310 g/mol. The lowest BCUT2D eigenvalue weighted by Gasteiger charge is -2.28. The number of nitrogens with zero attached hydrogens (tertiary/aromatic N) is 6. The van der Waals surface area contributed by atoms with Crippen molar-refractivity contribution in [3.8, 4) is 5.95 Å². The van der Waals surface area contributed by atoms with Crippen LogP contribution in [0.5, 0.6) is 0 Å². The minimum Gasteiger partial charge on any atom is -0.353 e. The SMILES string of the molecule is CN(C)CC(C)(C)CNc1nc(Cl)nc(-n2cccn2)n1. The second-order valence-electron chi connectivity index (χ2n) is 5.93. The summed E-state index contributed by atoms with van der Waals surface area (Å²) in [5.41, 5.74) is 0.0778. The van der Waals surface area contributed by atoms with E-state index >= 15 is 0 Å². The van der Waals surface area contributed by atoms with E-state index < -0.39 is 0 Å². The number of hydrogen-bond donors (Lipinski definition) is 1. The summed E-state index contributed by atoms with van der Waals surface area (Å²) in [5.74, 6) is 0.847. The summed E-state index contributed by atoms with van der Waals surface area (Å²) in [6.45, 7) is 6.03. The van der Waals surface area contributed by atoms with Gasteiger partial charge in [-0.15, -0.1) is 0 Å². The minimum absolute atomic E-state index is 0.0778. The average Bonchev–Trinajstić information content (AvgIpc) is 2.88. The normalized spacial score (nSPS) is 11.9. The predicted octanol–water partition coefficient (Wildman–Crippen LogP) is 1.71. The molecule has 0 spiro atoms. The molecule has 2 aromatic heterocycles. The summed E-state index contributed by atoms with van der Waals surface area (Å²) in [4.78, 5) is 14.6. The van der Waals surface area contributed by atoms with Gasteiger partial charge in [-0.1, -0.05) is 13.8 Å². The van der Waals surface area contributed by atoms with Crippen molar-refractivity contribution in [1.82, 2.24) is 29.6 Å². The standard InChI is InChI=1S/C13H20ClN7/c1-13(2,9-20(3)4)8-15-11-17-10(14)18-12(19-11)21-7-5-6-16-21/h5-7H,8-9H2,1-4H3,(H,15,17,18,19). The van der Waals surface area contributed by atoms with Crippen LogP contribution in [0.3, 0.4) is 0 Å². The lowest BCUT2D eigenvalue weighted by atomic mass is 9.93. The van der Waals surface area contributed by atoms with Crippen LogP contribution in [0.1, 0.15) is 13.8 Å². The van der Waals surface area contributed by atoms with Crippen LogP contribution in [-0.2, 0) is 0 Å². The molecule has 8 heteroatoms. The highest BCUT2D eigenvalue weighted by molar-refractivity contribution is 6.28. The number of anilines is 1. The molecule has 0 bridgehead atoms. The van der Waals surface area contributed by atoms with Crippen LogP contribution < -0.4 is 5.32 Å². The minimum atomic E-state index is 0.0778. The molecular formula is C13H20ClN7. The van der Waals surface area contributed by atoms with E-state index in [9.17, 15) is 0 Å². The van der Waals surface area contributed by atoms with Crippen LogP contribution in [0.15, 0.2) is 18.5 Å². The fraction of sp³-hybridized carbons (Fsp3) is 0.538. The molecule has 0 aromatic carbocycles. The Morgan fingerprint density at radius 3 is 2.67 bits per heavy atom. The molecule has 0 atom stereocenters. The third-order valence-electron chi connectivity index (χ3n) is 2.77. The second-order valence-corrected chi connectivity index (χ2v) is 6.27. The predicted molar refractivity (Wildman–Crippen MR) is 82.8 cm³/mol. The number of halogens is 1. The van der Waals surface area contributed by atoms with Crippen LogP contribution in [0.25, 0.3) is 5.95 Å². The van der Waals surface area contributed by atoms with E-state index in [1.807, 2.05) is 0 Å². The van der Waals surface area contributed by atoms with Crippen molar-refractivity contribution in [2.24, 2.45) is 5.41 Å². The summed E-state index contributed by atoms with van der Waals surface area (Å²) in [6, 6.07) is 1.80. The van der Waals surface area contributed by atoms with Crippen molar-refractivity contribution < 1.29 is 0 Å².